The second-order valence-electron chi connectivity index (χ2n) is 6.34. The van der Waals surface area contributed by atoms with Crippen LogP contribution in [0.3, 0.4) is 0 Å². The van der Waals surface area contributed by atoms with Gasteiger partial charge in [0.15, 0.2) is 0 Å². The molecular weight excluding hydrogens is 312 g/mol. The molecule has 0 aliphatic heterocycles. The minimum Gasteiger partial charge on any atom is -0.496 e. The number of rotatable bonds is 8. The van der Waals surface area contributed by atoms with E-state index in [-0.39, 0.29) is 17.9 Å². The van der Waals surface area contributed by atoms with Crippen LogP contribution in [0.2, 0.25) is 0 Å². The molecule has 0 heterocycles. The SMILES string of the molecule is CCC(C(=O)NCC(c1ccccc1OC)N(C)C)c1ccccc1. The van der Waals surface area contributed by atoms with Crippen LogP contribution in [0.5, 0.6) is 5.75 Å². The fraction of sp³-hybridized carbons (Fsp3) is 0.381. The Morgan fingerprint density at radius 1 is 1.08 bits per heavy atom. The van der Waals surface area contributed by atoms with Gasteiger partial charge in [0.05, 0.1) is 19.1 Å². The normalized spacial score (nSPS) is 13.3. The van der Waals surface area contributed by atoms with Gasteiger partial charge in [-0.25, -0.2) is 0 Å². The summed E-state index contributed by atoms with van der Waals surface area (Å²) in [6, 6.07) is 17.9. The molecule has 0 radical (unpaired) electrons. The summed E-state index contributed by atoms with van der Waals surface area (Å²) >= 11 is 0. The Bertz CT molecular complexity index is 671. The first kappa shape index (κ1) is 19.0. The maximum Gasteiger partial charge on any atom is 0.227 e. The first-order valence-corrected chi connectivity index (χ1v) is 8.70. The van der Waals surface area contributed by atoms with Crippen LogP contribution in [-0.4, -0.2) is 38.6 Å². The third kappa shape index (κ3) is 4.83. The van der Waals surface area contributed by atoms with E-state index < -0.39 is 0 Å². The van der Waals surface area contributed by atoms with Crippen LogP contribution < -0.4 is 10.1 Å². The zero-order valence-corrected chi connectivity index (χ0v) is 15.5. The molecule has 4 heteroatoms. The van der Waals surface area contributed by atoms with Crippen LogP contribution in [0.4, 0.5) is 0 Å². The highest BCUT2D eigenvalue weighted by molar-refractivity contribution is 5.83. The lowest BCUT2D eigenvalue weighted by Gasteiger charge is -2.27. The average Bonchev–Trinajstić information content (AvgIpc) is 2.63. The molecule has 2 aromatic rings. The number of ether oxygens (including phenoxy) is 1. The number of amides is 1. The molecule has 0 aliphatic rings. The Kier molecular flexibility index (Phi) is 7.02. The molecule has 1 N–H and O–H groups in total. The Balaban J connectivity index is 2.12. The van der Waals surface area contributed by atoms with Gasteiger partial charge in [0.2, 0.25) is 5.91 Å². The minimum absolute atomic E-state index is 0.0494. The number of methoxy groups -OCH3 is 1. The van der Waals surface area contributed by atoms with E-state index in [4.69, 9.17) is 4.74 Å². The number of carbonyl (C=O) groups excluding carboxylic acids is 1. The zero-order valence-electron chi connectivity index (χ0n) is 15.5. The number of hydrogen-bond acceptors (Lipinski definition) is 3. The fourth-order valence-corrected chi connectivity index (χ4v) is 3.09. The molecule has 0 aliphatic carbocycles. The van der Waals surface area contributed by atoms with Gasteiger partial charge in [0, 0.05) is 12.1 Å². The van der Waals surface area contributed by atoms with Crippen molar-refractivity contribution >= 4 is 5.91 Å². The van der Waals surface area contributed by atoms with E-state index >= 15 is 0 Å². The molecule has 2 atom stereocenters. The summed E-state index contributed by atoms with van der Waals surface area (Å²) in [5.74, 6) is 0.780. The van der Waals surface area contributed by atoms with Gasteiger partial charge in [-0.2, -0.15) is 0 Å². The molecule has 4 nitrogen and oxygen atoms in total. The minimum atomic E-state index is -0.123. The molecular formula is C21H28N2O2. The van der Waals surface area contributed by atoms with Crippen molar-refractivity contribution < 1.29 is 9.53 Å². The molecule has 0 saturated heterocycles. The second-order valence-corrected chi connectivity index (χ2v) is 6.34. The molecule has 2 aromatic carbocycles. The van der Waals surface area contributed by atoms with E-state index in [9.17, 15) is 4.79 Å². The van der Waals surface area contributed by atoms with Crippen LogP contribution >= 0.6 is 0 Å². The molecule has 2 unspecified atom stereocenters. The van der Waals surface area contributed by atoms with Crippen LogP contribution in [-0.2, 0) is 4.79 Å². The van der Waals surface area contributed by atoms with Crippen molar-refractivity contribution in [3.05, 3.63) is 65.7 Å². The number of hydrogen-bond donors (Lipinski definition) is 1. The molecule has 25 heavy (non-hydrogen) atoms. The van der Waals surface area contributed by atoms with Gasteiger partial charge in [-0.05, 0) is 32.1 Å². The molecule has 134 valence electrons. The Morgan fingerprint density at radius 3 is 2.32 bits per heavy atom. The summed E-state index contributed by atoms with van der Waals surface area (Å²) in [6.45, 7) is 2.58. The van der Waals surface area contributed by atoms with Crippen molar-refractivity contribution in [2.75, 3.05) is 27.7 Å². The fourth-order valence-electron chi connectivity index (χ4n) is 3.09. The lowest BCUT2D eigenvalue weighted by molar-refractivity contribution is -0.122. The van der Waals surface area contributed by atoms with Gasteiger partial charge in [0.1, 0.15) is 5.75 Å². The van der Waals surface area contributed by atoms with Crippen LogP contribution in [0, 0.1) is 0 Å². The van der Waals surface area contributed by atoms with Crippen molar-refractivity contribution in [3.8, 4) is 5.75 Å². The highest BCUT2D eigenvalue weighted by atomic mass is 16.5. The lowest BCUT2D eigenvalue weighted by Crippen LogP contribution is -2.37. The highest BCUT2D eigenvalue weighted by Crippen LogP contribution is 2.28. The standard InChI is InChI=1S/C21H28N2O2/c1-5-17(16-11-7-6-8-12-16)21(24)22-15-19(23(2)3)18-13-9-10-14-20(18)25-4/h6-14,17,19H,5,15H2,1-4H3,(H,22,24). The number of carbonyl (C=O) groups is 1. The Morgan fingerprint density at radius 2 is 1.72 bits per heavy atom. The van der Waals surface area contributed by atoms with Gasteiger partial charge in [-0.3, -0.25) is 4.79 Å². The van der Waals surface area contributed by atoms with E-state index in [1.165, 1.54) is 0 Å². The smallest absolute Gasteiger partial charge is 0.227 e. The number of likely N-dealkylation sites (N-methyl/N-ethyl adjacent to an activating group) is 1. The second kappa shape index (κ2) is 9.23. The Labute approximate surface area is 150 Å². The topological polar surface area (TPSA) is 41.6 Å². The van der Waals surface area contributed by atoms with Crippen molar-refractivity contribution in [1.29, 1.82) is 0 Å². The van der Waals surface area contributed by atoms with Crippen molar-refractivity contribution in [2.24, 2.45) is 0 Å². The van der Waals surface area contributed by atoms with Crippen molar-refractivity contribution in [2.45, 2.75) is 25.3 Å². The van der Waals surface area contributed by atoms with Crippen molar-refractivity contribution in [3.63, 3.8) is 0 Å². The van der Waals surface area contributed by atoms with Gasteiger partial charge in [0.25, 0.3) is 0 Å². The van der Waals surface area contributed by atoms with E-state index in [2.05, 4.69) is 10.2 Å². The number of nitrogens with one attached hydrogen (secondary N) is 1. The first-order valence-electron chi connectivity index (χ1n) is 8.70. The maximum atomic E-state index is 12.7. The quantitative estimate of drug-likeness (QED) is 0.798. The number of nitrogens with zero attached hydrogens (tertiary/aromatic N) is 1. The largest absolute Gasteiger partial charge is 0.496 e. The molecule has 0 aromatic heterocycles. The van der Waals surface area contributed by atoms with Gasteiger partial charge in [-0.1, -0.05) is 55.5 Å². The average molecular weight is 340 g/mol. The predicted molar refractivity (Wildman–Crippen MR) is 102 cm³/mol. The summed E-state index contributed by atoms with van der Waals surface area (Å²) in [5, 5.41) is 3.13. The molecule has 2 rings (SSSR count). The van der Waals surface area contributed by atoms with Gasteiger partial charge >= 0.3 is 0 Å². The van der Waals surface area contributed by atoms with E-state index in [0.717, 1.165) is 23.3 Å². The Hall–Kier alpha value is -2.33. The molecule has 0 fully saturated rings. The summed E-state index contributed by atoms with van der Waals surface area (Å²) in [7, 11) is 5.70. The van der Waals surface area contributed by atoms with Gasteiger partial charge in [-0.15, -0.1) is 0 Å². The zero-order chi connectivity index (χ0) is 18.2. The van der Waals surface area contributed by atoms with E-state index in [0.29, 0.717) is 6.54 Å². The summed E-state index contributed by atoms with van der Waals surface area (Å²) in [4.78, 5) is 14.8. The van der Waals surface area contributed by atoms with Crippen LogP contribution in [0.15, 0.2) is 54.6 Å². The van der Waals surface area contributed by atoms with Crippen LogP contribution in [0.1, 0.15) is 36.4 Å². The van der Waals surface area contributed by atoms with Crippen molar-refractivity contribution in [1.82, 2.24) is 10.2 Å². The monoisotopic (exact) mass is 340 g/mol. The number of para-hydroxylation sites is 1. The van der Waals surface area contributed by atoms with Crippen LogP contribution in [0.25, 0.3) is 0 Å². The highest BCUT2D eigenvalue weighted by Gasteiger charge is 2.22. The maximum absolute atomic E-state index is 12.7. The molecule has 1 amide bonds. The lowest BCUT2D eigenvalue weighted by atomic mass is 9.95. The number of benzene rings is 2. The van der Waals surface area contributed by atoms with E-state index in [1.807, 2.05) is 75.6 Å². The summed E-state index contributed by atoms with van der Waals surface area (Å²) < 4.78 is 5.48. The summed E-state index contributed by atoms with van der Waals surface area (Å²) in [6.07, 6.45) is 0.775. The third-order valence-electron chi connectivity index (χ3n) is 4.52. The molecule has 0 saturated carbocycles. The first-order chi connectivity index (χ1) is 12.1. The van der Waals surface area contributed by atoms with Gasteiger partial charge < -0.3 is 15.0 Å². The molecule has 0 spiro atoms. The van der Waals surface area contributed by atoms with E-state index in [1.54, 1.807) is 7.11 Å². The summed E-state index contributed by atoms with van der Waals surface area (Å²) in [5.41, 5.74) is 2.13. The molecule has 0 bridgehead atoms. The predicted octanol–water partition coefficient (Wildman–Crippen LogP) is 3.61. The third-order valence-corrected chi connectivity index (χ3v) is 4.52.